The molecule has 1 saturated heterocycles. The maximum atomic E-state index is 12.9. The summed E-state index contributed by atoms with van der Waals surface area (Å²) in [5.74, 6) is 1.33. The summed E-state index contributed by atoms with van der Waals surface area (Å²) in [4.78, 5) is 21.8. The fourth-order valence-corrected chi connectivity index (χ4v) is 4.08. The molecule has 8 heteroatoms. The Morgan fingerprint density at radius 2 is 1.93 bits per heavy atom. The van der Waals surface area contributed by atoms with Gasteiger partial charge in [0, 0.05) is 45.0 Å². The average Bonchev–Trinajstić information content (AvgIpc) is 3.18. The monoisotopic (exact) mass is 393 g/mol. The molecule has 1 aromatic carbocycles. The third-order valence-electron chi connectivity index (χ3n) is 5.64. The number of imidazole rings is 1. The first kappa shape index (κ1) is 17.9. The smallest absolute Gasteiger partial charge is 0.329 e. The van der Waals surface area contributed by atoms with E-state index >= 15 is 0 Å². The van der Waals surface area contributed by atoms with Crippen LogP contribution in [-0.4, -0.2) is 32.3 Å². The Labute approximate surface area is 167 Å². The first-order valence-electron chi connectivity index (χ1n) is 9.81. The standard InChI is InChI=1S/C21H23N5O3/c1-12-8-19-16(23-13(2)29-19)9-15(12)24-20-10-17-18(11-22-20)25(3)21(27)26(17)14-4-6-28-7-5-14/h8-11,14H,4-7H2,1-3H3,(H,22,24). The van der Waals surface area contributed by atoms with Crippen molar-refractivity contribution in [2.24, 2.45) is 7.05 Å². The van der Waals surface area contributed by atoms with E-state index in [1.165, 1.54) is 0 Å². The van der Waals surface area contributed by atoms with Crippen molar-refractivity contribution in [1.82, 2.24) is 19.1 Å². The summed E-state index contributed by atoms with van der Waals surface area (Å²) >= 11 is 0. The van der Waals surface area contributed by atoms with Gasteiger partial charge in [0.1, 0.15) is 11.3 Å². The molecule has 29 heavy (non-hydrogen) atoms. The molecule has 0 atom stereocenters. The summed E-state index contributed by atoms with van der Waals surface area (Å²) in [5, 5.41) is 3.38. The Balaban J connectivity index is 1.57. The van der Waals surface area contributed by atoms with Gasteiger partial charge in [-0.05, 0) is 37.5 Å². The highest BCUT2D eigenvalue weighted by Gasteiger charge is 2.22. The van der Waals surface area contributed by atoms with Gasteiger partial charge in [-0.3, -0.25) is 9.13 Å². The van der Waals surface area contributed by atoms with Gasteiger partial charge in [0.05, 0.1) is 17.2 Å². The van der Waals surface area contributed by atoms with Crippen LogP contribution in [0.3, 0.4) is 0 Å². The first-order valence-corrected chi connectivity index (χ1v) is 9.81. The van der Waals surface area contributed by atoms with E-state index in [-0.39, 0.29) is 11.7 Å². The Hall–Kier alpha value is -3.13. The largest absolute Gasteiger partial charge is 0.441 e. The van der Waals surface area contributed by atoms with Crippen molar-refractivity contribution in [2.45, 2.75) is 32.7 Å². The second-order valence-corrected chi connectivity index (χ2v) is 7.61. The lowest BCUT2D eigenvalue weighted by Gasteiger charge is -2.23. The number of hydrogen-bond donors (Lipinski definition) is 1. The van der Waals surface area contributed by atoms with E-state index in [0.717, 1.165) is 46.2 Å². The molecule has 0 radical (unpaired) electrons. The summed E-state index contributed by atoms with van der Waals surface area (Å²) in [7, 11) is 1.79. The summed E-state index contributed by atoms with van der Waals surface area (Å²) in [6.07, 6.45) is 3.43. The van der Waals surface area contributed by atoms with Crippen LogP contribution in [0.1, 0.15) is 30.3 Å². The zero-order valence-electron chi connectivity index (χ0n) is 16.7. The van der Waals surface area contributed by atoms with Gasteiger partial charge in [-0.2, -0.15) is 0 Å². The molecule has 5 rings (SSSR count). The van der Waals surface area contributed by atoms with E-state index < -0.39 is 0 Å². The zero-order chi connectivity index (χ0) is 20.1. The van der Waals surface area contributed by atoms with Crippen LogP contribution in [0.25, 0.3) is 22.1 Å². The number of nitrogens with one attached hydrogen (secondary N) is 1. The lowest BCUT2D eigenvalue weighted by Crippen LogP contribution is -2.29. The molecule has 4 heterocycles. The van der Waals surface area contributed by atoms with Crippen molar-refractivity contribution in [3.05, 3.63) is 46.3 Å². The Morgan fingerprint density at radius 1 is 1.14 bits per heavy atom. The van der Waals surface area contributed by atoms with E-state index in [2.05, 4.69) is 15.3 Å². The summed E-state index contributed by atoms with van der Waals surface area (Å²) in [6.45, 7) is 5.21. The third-order valence-corrected chi connectivity index (χ3v) is 5.64. The number of oxazole rings is 1. The van der Waals surface area contributed by atoms with Gasteiger partial charge >= 0.3 is 5.69 Å². The summed E-state index contributed by atoms with van der Waals surface area (Å²) in [6, 6.07) is 6.02. The van der Waals surface area contributed by atoms with Crippen molar-refractivity contribution < 1.29 is 9.15 Å². The summed E-state index contributed by atoms with van der Waals surface area (Å²) < 4.78 is 14.6. The van der Waals surface area contributed by atoms with Crippen molar-refractivity contribution in [3.63, 3.8) is 0 Å². The molecule has 4 aromatic rings. The molecule has 1 N–H and O–H groups in total. The van der Waals surface area contributed by atoms with E-state index in [4.69, 9.17) is 9.15 Å². The minimum atomic E-state index is -0.0125. The van der Waals surface area contributed by atoms with Crippen LogP contribution in [0.2, 0.25) is 0 Å². The van der Waals surface area contributed by atoms with Crippen LogP contribution in [0.15, 0.2) is 33.6 Å². The van der Waals surface area contributed by atoms with Crippen LogP contribution in [-0.2, 0) is 11.8 Å². The fraction of sp³-hybridized carbons (Fsp3) is 0.381. The van der Waals surface area contributed by atoms with Crippen LogP contribution in [0, 0.1) is 13.8 Å². The van der Waals surface area contributed by atoms with E-state index in [1.54, 1.807) is 17.8 Å². The van der Waals surface area contributed by atoms with Crippen molar-refractivity contribution in [1.29, 1.82) is 0 Å². The zero-order valence-corrected chi connectivity index (χ0v) is 16.7. The normalized spacial score (nSPS) is 15.4. The lowest BCUT2D eigenvalue weighted by molar-refractivity contribution is 0.0696. The van der Waals surface area contributed by atoms with Gasteiger partial charge in [-0.1, -0.05) is 0 Å². The molecule has 0 aliphatic carbocycles. The molecule has 1 aliphatic heterocycles. The molecule has 0 bridgehead atoms. The highest BCUT2D eigenvalue weighted by atomic mass is 16.5. The van der Waals surface area contributed by atoms with Crippen molar-refractivity contribution in [2.75, 3.05) is 18.5 Å². The molecular weight excluding hydrogens is 370 g/mol. The third kappa shape index (κ3) is 3.00. The molecule has 0 unspecified atom stereocenters. The van der Waals surface area contributed by atoms with E-state index in [1.807, 2.05) is 36.6 Å². The highest BCUT2D eigenvalue weighted by molar-refractivity contribution is 5.83. The molecule has 150 valence electrons. The lowest BCUT2D eigenvalue weighted by atomic mass is 10.1. The number of aryl methyl sites for hydroxylation is 3. The van der Waals surface area contributed by atoms with Gasteiger partial charge in [-0.15, -0.1) is 0 Å². The van der Waals surface area contributed by atoms with Crippen molar-refractivity contribution >= 4 is 33.6 Å². The minimum absolute atomic E-state index is 0.0125. The predicted octanol–water partition coefficient (Wildman–Crippen LogP) is 3.59. The first-order chi connectivity index (χ1) is 14.0. The quantitative estimate of drug-likeness (QED) is 0.572. The number of aromatic nitrogens is 4. The highest BCUT2D eigenvalue weighted by Crippen LogP contribution is 2.29. The maximum Gasteiger partial charge on any atom is 0.329 e. The number of pyridine rings is 1. The van der Waals surface area contributed by atoms with Crippen LogP contribution in [0.4, 0.5) is 11.5 Å². The number of benzene rings is 1. The maximum absolute atomic E-state index is 12.9. The van der Waals surface area contributed by atoms with Gasteiger partial charge in [0.25, 0.3) is 0 Å². The molecule has 0 saturated carbocycles. The van der Waals surface area contributed by atoms with Crippen molar-refractivity contribution in [3.8, 4) is 0 Å². The number of ether oxygens (including phenoxy) is 1. The Kier molecular flexibility index (Phi) is 4.16. The Bertz CT molecular complexity index is 1280. The van der Waals surface area contributed by atoms with E-state index in [9.17, 15) is 4.79 Å². The second kappa shape index (κ2) is 6.73. The minimum Gasteiger partial charge on any atom is -0.441 e. The number of nitrogens with zero attached hydrogens (tertiary/aromatic N) is 4. The molecule has 0 amide bonds. The second-order valence-electron chi connectivity index (χ2n) is 7.61. The van der Waals surface area contributed by atoms with Gasteiger partial charge < -0.3 is 14.5 Å². The average molecular weight is 393 g/mol. The molecule has 1 fully saturated rings. The SMILES string of the molecule is Cc1nc2cc(Nc3cc4c(cn3)n(C)c(=O)n4C3CCOCC3)c(C)cc2o1. The number of hydrogen-bond acceptors (Lipinski definition) is 6. The van der Waals surface area contributed by atoms with Crippen LogP contribution >= 0.6 is 0 Å². The van der Waals surface area contributed by atoms with Crippen LogP contribution in [0.5, 0.6) is 0 Å². The molecule has 1 aliphatic rings. The molecular formula is C21H23N5O3. The number of anilines is 2. The molecule has 8 nitrogen and oxygen atoms in total. The number of rotatable bonds is 3. The van der Waals surface area contributed by atoms with Gasteiger partial charge in [-0.25, -0.2) is 14.8 Å². The Morgan fingerprint density at radius 3 is 2.72 bits per heavy atom. The number of fused-ring (bicyclic) bond motifs is 2. The molecule has 3 aromatic heterocycles. The fourth-order valence-electron chi connectivity index (χ4n) is 4.08. The predicted molar refractivity (Wildman–Crippen MR) is 111 cm³/mol. The van der Waals surface area contributed by atoms with Gasteiger partial charge in [0.15, 0.2) is 11.5 Å². The van der Waals surface area contributed by atoms with Crippen LogP contribution < -0.4 is 11.0 Å². The summed E-state index contributed by atoms with van der Waals surface area (Å²) in [5.41, 5.74) is 5.21. The van der Waals surface area contributed by atoms with Gasteiger partial charge in [0.2, 0.25) is 0 Å². The van der Waals surface area contributed by atoms with E-state index in [0.29, 0.717) is 24.9 Å². The molecule has 0 spiro atoms. The topological polar surface area (TPSA) is 87.1 Å².